The van der Waals surface area contributed by atoms with Crippen molar-refractivity contribution in [3.63, 3.8) is 0 Å². The number of carbonyl (C=O) groups excluding carboxylic acids is 1. The van der Waals surface area contributed by atoms with Crippen molar-refractivity contribution in [2.75, 3.05) is 14.2 Å². The van der Waals surface area contributed by atoms with E-state index in [2.05, 4.69) is 5.32 Å². The first-order chi connectivity index (χ1) is 12.3. The van der Waals surface area contributed by atoms with E-state index >= 15 is 0 Å². The smallest absolute Gasteiger partial charge is 0.261 e. The average molecular weight is 378 g/mol. The lowest BCUT2D eigenvalue weighted by Gasteiger charge is -2.21. The third kappa shape index (κ3) is 4.82. The summed E-state index contributed by atoms with van der Waals surface area (Å²) in [6.07, 6.45) is -0.658. The molecular formula is C20H24ClNO4. The number of amides is 1. The molecule has 0 heterocycles. The Bertz CT molecular complexity index is 778. The van der Waals surface area contributed by atoms with Crippen LogP contribution < -0.4 is 19.5 Å². The van der Waals surface area contributed by atoms with E-state index in [4.69, 9.17) is 25.8 Å². The van der Waals surface area contributed by atoms with E-state index in [1.165, 1.54) is 0 Å². The van der Waals surface area contributed by atoms with Gasteiger partial charge in [-0.3, -0.25) is 4.79 Å². The van der Waals surface area contributed by atoms with Gasteiger partial charge in [-0.05, 0) is 62.7 Å². The van der Waals surface area contributed by atoms with Crippen molar-refractivity contribution >= 4 is 17.5 Å². The maximum atomic E-state index is 12.5. The molecule has 2 aromatic rings. The largest absolute Gasteiger partial charge is 0.497 e. The highest BCUT2D eigenvalue weighted by atomic mass is 35.5. The number of hydrogen-bond donors (Lipinski definition) is 1. The lowest BCUT2D eigenvalue weighted by atomic mass is 10.1. The molecule has 0 aliphatic rings. The highest BCUT2D eigenvalue weighted by Gasteiger charge is 2.20. The monoisotopic (exact) mass is 377 g/mol. The van der Waals surface area contributed by atoms with E-state index in [1.54, 1.807) is 39.3 Å². The molecule has 26 heavy (non-hydrogen) atoms. The van der Waals surface area contributed by atoms with Crippen LogP contribution in [0.2, 0.25) is 5.02 Å². The lowest BCUT2D eigenvalue weighted by molar-refractivity contribution is -0.127. The van der Waals surface area contributed by atoms with Crippen LogP contribution in [0.5, 0.6) is 17.2 Å². The zero-order valence-corrected chi connectivity index (χ0v) is 16.4. The van der Waals surface area contributed by atoms with E-state index in [-0.39, 0.29) is 11.9 Å². The standard InChI is InChI=1S/C20H24ClNO4/c1-12-10-16(6-8-18(12)21)26-14(3)20(23)22-13(2)17-11-15(24-4)7-9-19(17)25-5/h6-11,13-14H,1-5H3,(H,22,23)/t13-,14-/m1/s1. The first-order valence-corrected chi connectivity index (χ1v) is 8.68. The molecule has 2 atom stereocenters. The van der Waals surface area contributed by atoms with Crippen LogP contribution in [0, 0.1) is 6.92 Å². The number of aryl methyl sites for hydroxylation is 1. The molecule has 0 aromatic heterocycles. The van der Waals surface area contributed by atoms with Gasteiger partial charge in [0.2, 0.25) is 0 Å². The third-order valence-corrected chi connectivity index (χ3v) is 4.50. The van der Waals surface area contributed by atoms with Crippen molar-refractivity contribution in [2.24, 2.45) is 0 Å². The van der Waals surface area contributed by atoms with Gasteiger partial charge < -0.3 is 19.5 Å². The first-order valence-electron chi connectivity index (χ1n) is 8.30. The minimum atomic E-state index is -0.658. The Balaban J connectivity index is 2.07. The molecule has 0 bridgehead atoms. The number of nitrogens with one attached hydrogen (secondary N) is 1. The number of carbonyl (C=O) groups is 1. The van der Waals surface area contributed by atoms with Gasteiger partial charge >= 0.3 is 0 Å². The molecule has 2 aromatic carbocycles. The van der Waals surface area contributed by atoms with Crippen LogP contribution in [-0.4, -0.2) is 26.2 Å². The zero-order valence-electron chi connectivity index (χ0n) is 15.6. The van der Waals surface area contributed by atoms with Gasteiger partial charge in [-0.1, -0.05) is 11.6 Å². The lowest BCUT2D eigenvalue weighted by Crippen LogP contribution is -2.37. The molecule has 0 unspecified atom stereocenters. The van der Waals surface area contributed by atoms with Crippen LogP contribution in [0.15, 0.2) is 36.4 Å². The highest BCUT2D eigenvalue weighted by Crippen LogP contribution is 2.29. The maximum Gasteiger partial charge on any atom is 0.261 e. The number of halogens is 1. The zero-order chi connectivity index (χ0) is 19.3. The van der Waals surface area contributed by atoms with Crippen LogP contribution in [-0.2, 0) is 4.79 Å². The Morgan fingerprint density at radius 2 is 1.73 bits per heavy atom. The predicted molar refractivity (Wildman–Crippen MR) is 102 cm³/mol. The van der Waals surface area contributed by atoms with E-state index < -0.39 is 6.10 Å². The molecule has 6 heteroatoms. The first kappa shape index (κ1) is 19.9. The Morgan fingerprint density at radius 3 is 2.35 bits per heavy atom. The van der Waals surface area contributed by atoms with Gasteiger partial charge in [0.25, 0.3) is 5.91 Å². The average Bonchev–Trinajstić information content (AvgIpc) is 2.63. The van der Waals surface area contributed by atoms with E-state index in [9.17, 15) is 4.79 Å². The molecule has 0 saturated heterocycles. The maximum absolute atomic E-state index is 12.5. The molecule has 5 nitrogen and oxygen atoms in total. The molecule has 2 rings (SSSR count). The molecule has 0 spiro atoms. The molecule has 0 radical (unpaired) electrons. The van der Waals surface area contributed by atoms with Gasteiger partial charge in [0.1, 0.15) is 17.2 Å². The molecule has 1 N–H and O–H groups in total. The van der Waals surface area contributed by atoms with E-state index in [0.29, 0.717) is 22.3 Å². The van der Waals surface area contributed by atoms with Crippen molar-refractivity contribution < 1.29 is 19.0 Å². The van der Waals surface area contributed by atoms with Gasteiger partial charge in [-0.15, -0.1) is 0 Å². The summed E-state index contributed by atoms with van der Waals surface area (Å²) in [4.78, 5) is 12.5. The second kappa shape index (κ2) is 8.81. The van der Waals surface area contributed by atoms with E-state index in [1.807, 2.05) is 32.0 Å². The summed E-state index contributed by atoms with van der Waals surface area (Å²) in [5.74, 6) is 1.75. The SMILES string of the molecule is COc1ccc(OC)c([C@@H](C)NC(=O)[C@@H](C)Oc2ccc(Cl)c(C)c2)c1. The third-order valence-electron chi connectivity index (χ3n) is 4.07. The van der Waals surface area contributed by atoms with Crippen molar-refractivity contribution in [1.82, 2.24) is 5.32 Å². The summed E-state index contributed by atoms with van der Waals surface area (Å²) >= 11 is 6.01. The Hall–Kier alpha value is -2.40. The second-order valence-electron chi connectivity index (χ2n) is 6.01. The summed E-state index contributed by atoms with van der Waals surface area (Å²) in [7, 11) is 3.19. The van der Waals surface area contributed by atoms with Crippen LogP contribution in [0.4, 0.5) is 0 Å². The molecule has 0 aliphatic carbocycles. The number of benzene rings is 2. The predicted octanol–water partition coefficient (Wildman–Crippen LogP) is 4.31. The van der Waals surface area contributed by atoms with Crippen molar-refractivity contribution in [1.29, 1.82) is 0 Å². The highest BCUT2D eigenvalue weighted by molar-refractivity contribution is 6.31. The topological polar surface area (TPSA) is 56.8 Å². The minimum absolute atomic E-state index is 0.227. The van der Waals surface area contributed by atoms with Crippen molar-refractivity contribution in [3.8, 4) is 17.2 Å². The molecule has 1 amide bonds. The van der Waals surface area contributed by atoms with Gasteiger partial charge in [-0.25, -0.2) is 0 Å². The molecule has 0 saturated carbocycles. The fourth-order valence-electron chi connectivity index (χ4n) is 2.53. The van der Waals surface area contributed by atoms with Crippen LogP contribution in [0.1, 0.15) is 31.0 Å². The van der Waals surface area contributed by atoms with Gasteiger partial charge in [0, 0.05) is 10.6 Å². The normalized spacial score (nSPS) is 12.8. The molecule has 140 valence electrons. The van der Waals surface area contributed by atoms with Crippen LogP contribution in [0.25, 0.3) is 0 Å². The summed E-state index contributed by atoms with van der Waals surface area (Å²) in [6.45, 7) is 5.47. The number of hydrogen-bond acceptors (Lipinski definition) is 4. The summed E-state index contributed by atoms with van der Waals surface area (Å²) < 4.78 is 16.4. The number of ether oxygens (including phenoxy) is 3. The minimum Gasteiger partial charge on any atom is -0.497 e. The van der Waals surface area contributed by atoms with Crippen molar-refractivity contribution in [3.05, 3.63) is 52.5 Å². The van der Waals surface area contributed by atoms with Crippen LogP contribution >= 0.6 is 11.6 Å². The number of rotatable bonds is 7. The fraction of sp³-hybridized carbons (Fsp3) is 0.350. The van der Waals surface area contributed by atoms with Gasteiger partial charge in [0.15, 0.2) is 6.10 Å². The molecular weight excluding hydrogens is 354 g/mol. The summed E-state index contributed by atoms with van der Waals surface area (Å²) in [6, 6.07) is 10.5. The quantitative estimate of drug-likeness (QED) is 0.781. The Labute approximate surface area is 159 Å². The molecule has 0 fully saturated rings. The fourth-order valence-corrected chi connectivity index (χ4v) is 2.65. The second-order valence-corrected chi connectivity index (χ2v) is 6.42. The van der Waals surface area contributed by atoms with Gasteiger partial charge in [-0.2, -0.15) is 0 Å². The number of methoxy groups -OCH3 is 2. The van der Waals surface area contributed by atoms with Gasteiger partial charge in [0.05, 0.1) is 20.3 Å². The molecule has 0 aliphatic heterocycles. The van der Waals surface area contributed by atoms with E-state index in [0.717, 1.165) is 11.1 Å². The Morgan fingerprint density at radius 1 is 1.04 bits per heavy atom. The van der Waals surface area contributed by atoms with Crippen molar-refractivity contribution in [2.45, 2.75) is 32.9 Å². The van der Waals surface area contributed by atoms with Crippen LogP contribution in [0.3, 0.4) is 0 Å². The summed E-state index contributed by atoms with van der Waals surface area (Å²) in [5, 5.41) is 3.60. The Kier molecular flexibility index (Phi) is 6.75. The summed E-state index contributed by atoms with van der Waals surface area (Å²) in [5.41, 5.74) is 1.72.